The highest BCUT2D eigenvalue weighted by Gasteiger charge is 2.16. The Morgan fingerprint density at radius 1 is 1.10 bits per heavy atom. The first kappa shape index (κ1) is 15.2. The summed E-state index contributed by atoms with van der Waals surface area (Å²) in [5, 5.41) is 1.18. The van der Waals surface area contributed by atoms with Crippen LogP contribution in [0, 0.1) is 0 Å². The Bertz CT molecular complexity index is 585. The molecule has 1 aromatic carbocycles. The summed E-state index contributed by atoms with van der Waals surface area (Å²) in [6.07, 6.45) is 2.97. The number of hydrogen-bond acceptors (Lipinski definition) is 2. The maximum Gasteiger partial charge on any atom is 0.131 e. The van der Waals surface area contributed by atoms with Crippen molar-refractivity contribution in [1.29, 1.82) is 0 Å². The molecule has 20 heavy (non-hydrogen) atoms. The second-order valence-corrected chi connectivity index (χ2v) is 5.69. The maximum atomic E-state index is 6.27. The minimum absolute atomic E-state index is 0.592. The topological polar surface area (TPSA) is 43.8 Å². The van der Waals surface area contributed by atoms with Gasteiger partial charge in [-0.1, -0.05) is 37.0 Å². The van der Waals surface area contributed by atoms with Gasteiger partial charge in [0.1, 0.15) is 17.3 Å². The summed E-state index contributed by atoms with van der Waals surface area (Å²) in [4.78, 5) is 4.69. The van der Waals surface area contributed by atoms with Crippen molar-refractivity contribution in [2.75, 3.05) is 5.73 Å². The Morgan fingerprint density at radius 2 is 1.75 bits per heavy atom. The first-order chi connectivity index (χ1) is 9.56. The highest BCUT2D eigenvalue weighted by Crippen LogP contribution is 2.31. The molecular formula is C15H19Cl2N3. The molecule has 5 heteroatoms. The zero-order valence-electron chi connectivity index (χ0n) is 11.8. The lowest BCUT2D eigenvalue weighted by Gasteiger charge is -2.07. The largest absolute Gasteiger partial charge is 0.383 e. The minimum Gasteiger partial charge on any atom is -0.383 e. The Hall–Kier alpha value is -1.19. The number of anilines is 1. The highest BCUT2D eigenvalue weighted by molar-refractivity contribution is 6.35. The molecule has 0 aliphatic heterocycles. The minimum atomic E-state index is 0.592. The molecule has 2 N–H and O–H groups in total. The normalized spacial score (nSPS) is 11.0. The van der Waals surface area contributed by atoms with E-state index in [4.69, 9.17) is 33.9 Å². The van der Waals surface area contributed by atoms with Crippen molar-refractivity contribution in [3.63, 3.8) is 0 Å². The summed E-state index contributed by atoms with van der Waals surface area (Å²) >= 11 is 12.1. The molecule has 0 radical (unpaired) electrons. The molecule has 0 aliphatic rings. The molecule has 1 heterocycles. The number of aromatic nitrogens is 2. The van der Waals surface area contributed by atoms with Crippen molar-refractivity contribution in [2.24, 2.45) is 0 Å². The van der Waals surface area contributed by atoms with Crippen LogP contribution < -0.4 is 5.73 Å². The van der Waals surface area contributed by atoms with Gasteiger partial charge in [0.05, 0.1) is 0 Å². The second-order valence-electron chi connectivity index (χ2n) is 4.82. The number of benzene rings is 1. The molecule has 1 aromatic heterocycles. The van der Waals surface area contributed by atoms with Crippen LogP contribution in [0.25, 0.3) is 11.3 Å². The van der Waals surface area contributed by atoms with Crippen LogP contribution >= 0.6 is 23.2 Å². The van der Waals surface area contributed by atoms with Crippen LogP contribution in [0.3, 0.4) is 0 Å². The number of nitrogen functional groups attached to an aromatic ring is 1. The van der Waals surface area contributed by atoms with E-state index in [1.54, 1.807) is 6.07 Å². The molecule has 0 atom stereocenters. The van der Waals surface area contributed by atoms with E-state index in [1.807, 2.05) is 12.1 Å². The third-order valence-corrected chi connectivity index (χ3v) is 3.58. The van der Waals surface area contributed by atoms with E-state index in [2.05, 4.69) is 18.4 Å². The number of nitrogens with two attached hydrogens (primary N) is 1. The SMILES string of the molecule is CCCc1nc(-c2cc(Cl)cc(Cl)c2)c(N)n1CCC. The molecular weight excluding hydrogens is 293 g/mol. The molecule has 2 rings (SSSR count). The molecule has 3 nitrogen and oxygen atoms in total. The molecule has 0 spiro atoms. The molecule has 108 valence electrons. The molecule has 0 fully saturated rings. The molecule has 2 aromatic rings. The number of aryl methyl sites for hydroxylation is 1. The quantitative estimate of drug-likeness (QED) is 0.861. The number of hydrogen-bond donors (Lipinski definition) is 1. The fourth-order valence-electron chi connectivity index (χ4n) is 2.30. The van der Waals surface area contributed by atoms with Gasteiger partial charge in [0.25, 0.3) is 0 Å². The lowest BCUT2D eigenvalue weighted by Crippen LogP contribution is -2.06. The lowest BCUT2D eigenvalue weighted by molar-refractivity contribution is 0.637. The maximum absolute atomic E-state index is 6.27. The summed E-state index contributed by atoms with van der Waals surface area (Å²) < 4.78 is 2.09. The average Bonchev–Trinajstić information content (AvgIpc) is 2.67. The van der Waals surface area contributed by atoms with Gasteiger partial charge in [0.15, 0.2) is 0 Å². The molecule has 0 saturated heterocycles. The molecule has 0 unspecified atom stereocenters. The van der Waals surface area contributed by atoms with Crippen molar-refractivity contribution in [3.8, 4) is 11.3 Å². The van der Waals surface area contributed by atoms with Crippen LogP contribution in [0.4, 0.5) is 5.82 Å². The first-order valence-corrected chi connectivity index (χ1v) is 7.63. The Balaban J connectivity index is 2.53. The van der Waals surface area contributed by atoms with Crippen molar-refractivity contribution in [2.45, 2.75) is 39.7 Å². The van der Waals surface area contributed by atoms with Crippen LogP contribution in [0.5, 0.6) is 0 Å². The van der Waals surface area contributed by atoms with Crippen molar-refractivity contribution >= 4 is 29.0 Å². The highest BCUT2D eigenvalue weighted by atomic mass is 35.5. The van der Waals surface area contributed by atoms with Crippen LogP contribution in [0.15, 0.2) is 18.2 Å². The smallest absolute Gasteiger partial charge is 0.131 e. The summed E-state index contributed by atoms with van der Waals surface area (Å²) in [5.74, 6) is 1.71. The van der Waals surface area contributed by atoms with E-state index in [-0.39, 0.29) is 0 Å². The van der Waals surface area contributed by atoms with Crippen LogP contribution in [0.2, 0.25) is 10.0 Å². The number of nitrogens with zero attached hydrogens (tertiary/aromatic N) is 2. The second kappa shape index (κ2) is 6.51. The van der Waals surface area contributed by atoms with Gasteiger partial charge in [-0.2, -0.15) is 0 Å². The summed E-state index contributed by atoms with van der Waals surface area (Å²) in [5.41, 5.74) is 7.90. The van der Waals surface area contributed by atoms with E-state index in [1.165, 1.54) is 0 Å². The van der Waals surface area contributed by atoms with Crippen molar-refractivity contribution < 1.29 is 0 Å². The van der Waals surface area contributed by atoms with Crippen LogP contribution in [-0.4, -0.2) is 9.55 Å². The van der Waals surface area contributed by atoms with Crippen molar-refractivity contribution in [3.05, 3.63) is 34.1 Å². The molecule has 0 amide bonds. The van der Waals surface area contributed by atoms with Gasteiger partial charge in [-0.25, -0.2) is 4.98 Å². The Morgan fingerprint density at radius 3 is 2.30 bits per heavy atom. The summed E-state index contributed by atoms with van der Waals surface area (Å²) in [6, 6.07) is 5.40. The summed E-state index contributed by atoms with van der Waals surface area (Å²) in [7, 11) is 0. The fraction of sp³-hybridized carbons (Fsp3) is 0.400. The van der Waals surface area contributed by atoms with Gasteiger partial charge in [-0.05, 0) is 31.0 Å². The number of imidazole rings is 1. The van der Waals surface area contributed by atoms with Crippen LogP contribution in [0.1, 0.15) is 32.5 Å². The van der Waals surface area contributed by atoms with E-state index < -0.39 is 0 Å². The van der Waals surface area contributed by atoms with Gasteiger partial charge < -0.3 is 10.3 Å². The van der Waals surface area contributed by atoms with Gasteiger partial charge in [-0.15, -0.1) is 0 Å². The third-order valence-electron chi connectivity index (χ3n) is 3.14. The first-order valence-electron chi connectivity index (χ1n) is 6.88. The standard InChI is InChI=1S/C15H19Cl2N3/c1-3-5-13-19-14(15(18)20(13)6-4-2)10-7-11(16)9-12(17)8-10/h7-9H,3-6,18H2,1-2H3. The molecule has 0 aliphatic carbocycles. The lowest BCUT2D eigenvalue weighted by atomic mass is 10.1. The number of rotatable bonds is 5. The average molecular weight is 312 g/mol. The molecule has 0 bridgehead atoms. The van der Waals surface area contributed by atoms with Gasteiger partial charge >= 0.3 is 0 Å². The van der Waals surface area contributed by atoms with Gasteiger partial charge in [0, 0.05) is 28.6 Å². The zero-order valence-corrected chi connectivity index (χ0v) is 13.3. The number of halogens is 2. The Labute approximate surface area is 129 Å². The van der Waals surface area contributed by atoms with Gasteiger partial charge in [-0.3, -0.25) is 0 Å². The van der Waals surface area contributed by atoms with Gasteiger partial charge in [0.2, 0.25) is 0 Å². The van der Waals surface area contributed by atoms with Crippen molar-refractivity contribution in [1.82, 2.24) is 9.55 Å². The van der Waals surface area contributed by atoms with E-state index >= 15 is 0 Å². The predicted octanol–water partition coefficient (Wildman–Crippen LogP) is 4.80. The third kappa shape index (κ3) is 3.10. The zero-order chi connectivity index (χ0) is 14.7. The predicted molar refractivity (Wildman–Crippen MR) is 86.4 cm³/mol. The van der Waals surface area contributed by atoms with E-state index in [0.29, 0.717) is 15.9 Å². The Kier molecular flexibility index (Phi) is 4.95. The molecule has 0 saturated carbocycles. The van der Waals surface area contributed by atoms with E-state index in [9.17, 15) is 0 Å². The van der Waals surface area contributed by atoms with E-state index in [0.717, 1.165) is 42.9 Å². The fourth-order valence-corrected chi connectivity index (χ4v) is 2.83. The van der Waals surface area contributed by atoms with Crippen LogP contribution in [-0.2, 0) is 13.0 Å². The summed E-state index contributed by atoms with van der Waals surface area (Å²) in [6.45, 7) is 5.14. The monoisotopic (exact) mass is 311 g/mol.